The van der Waals surface area contributed by atoms with Crippen LogP contribution in [0, 0.1) is 10.8 Å². The summed E-state index contributed by atoms with van der Waals surface area (Å²) in [5, 5.41) is 19.1. The number of nitrogens with zero attached hydrogens (tertiary/aromatic N) is 1. The molecule has 1 unspecified atom stereocenters. The summed E-state index contributed by atoms with van der Waals surface area (Å²) in [5.74, 6) is 0.654. The number of rotatable bonds is 3. The van der Waals surface area contributed by atoms with Crippen LogP contribution in [0.4, 0.5) is 0 Å². The molecule has 1 aromatic rings. The first-order valence-electron chi connectivity index (χ1n) is 8.25. The van der Waals surface area contributed by atoms with E-state index < -0.39 is 0 Å². The van der Waals surface area contributed by atoms with E-state index in [0.29, 0.717) is 30.8 Å². The van der Waals surface area contributed by atoms with Crippen LogP contribution in [0.3, 0.4) is 0 Å². The summed E-state index contributed by atoms with van der Waals surface area (Å²) >= 11 is 0. The molecule has 122 valence electrons. The molecule has 0 fully saturated rings. The average Bonchev–Trinajstić information content (AvgIpc) is 2.72. The second kappa shape index (κ2) is 5.52. The third-order valence-electron chi connectivity index (χ3n) is 4.74. The Hall–Kier alpha value is -2.10. The van der Waals surface area contributed by atoms with E-state index in [9.17, 15) is 9.90 Å². The van der Waals surface area contributed by atoms with Gasteiger partial charge in [-0.15, -0.1) is 0 Å². The van der Waals surface area contributed by atoms with Gasteiger partial charge in [0.2, 0.25) is 0 Å². The Kier molecular flexibility index (Phi) is 3.78. The average molecular weight is 312 g/mol. The maximum absolute atomic E-state index is 12.8. The van der Waals surface area contributed by atoms with Gasteiger partial charge in [0.1, 0.15) is 11.6 Å². The van der Waals surface area contributed by atoms with Crippen molar-refractivity contribution in [2.75, 3.05) is 6.54 Å². The van der Waals surface area contributed by atoms with Crippen molar-refractivity contribution >= 4 is 11.6 Å². The van der Waals surface area contributed by atoms with E-state index in [0.717, 1.165) is 17.5 Å². The number of hydrogen-bond donors (Lipinski definition) is 2. The van der Waals surface area contributed by atoms with Gasteiger partial charge in [-0.05, 0) is 17.4 Å². The van der Waals surface area contributed by atoms with Gasteiger partial charge >= 0.3 is 0 Å². The number of fused-ring (bicyclic) bond motifs is 1. The minimum Gasteiger partial charge on any atom is -0.512 e. The Morgan fingerprint density at radius 2 is 2.00 bits per heavy atom. The van der Waals surface area contributed by atoms with Gasteiger partial charge < -0.3 is 10.0 Å². The Morgan fingerprint density at radius 1 is 1.30 bits per heavy atom. The van der Waals surface area contributed by atoms with Gasteiger partial charge in [0.15, 0.2) is 5.78 Å². The van der Waals surface area contributed by atoms with Crippen LogP contribution in [0.15, 0.2) is 35.6 Å². The minimum absolute atomic E-state index is 0.00866. The first-order valence-corrected chi connectivity index (χ1v) is 8.25. The number of hydrogen-bond acceptors (Lipinski definition) is 3. The molecule has 0 saturated heterocycles. The van der Waals surface area contributed by atoms with Gasteiger partial charge in [0, 0.05) is 24.9 Å². The first-order chi connectivity index (χ1) is 10.9. The number of benzene rings is 1. The van der Waals surface area contributed by atoms with Crippen molar-refractivity contribution in [3.63, 3.8) is 0 Å². The van der Waals surface area contributed by atoms with Crippen LogP contribution in [-0.2, 0) is 4.79 Å². The van der Waals surface area contributed by atoms with Crippen molar-refractivity contribution < 1.29 is 9.90 Å². The number of carbonyl (C=O) groups excluding carboxylic acids is 1. The van der Waals surface area contributed by atoms with E-state index in [1.807, 2.05) is 43.0 Å². The van der Waals surface area contributed by atoms with Gasteiger partial charge in [0.25, 0.3) is 0 Å². The molecule has 0 bridgehead atoms. The van der Waals surface area contributed by atoms with E-state index in [2.05, 4.69) is 6.92 Å². The Labute approximate surface area is 137 Å². The van der Waals surface area contributed by atoms with Gasteiger partial charge in [-0.1, -0.05) is 45.0 Å². The summed E-state index contributed by atoms with van der Waals surface area (Å²) < 4.78 is 0. The summed E-state index contributed by atoms with van der Waals surface area (Å²) in [6.45, 7) is 6.78. The van der Waals surface area contributed by atoms with Crippen LogP contribution in [0.2, 0.25) is 0 Å². The smallest absolute Gasteiger partial charge is 0.165 e. The van der Waals surface area contributed by atoms with Crippen LogP contribution < -0.4 is 0 Å². The molecule has 2 aliphatic rings. The topological polar surface area (TPSA) is 64.4 Å². The fourth-order valence-corrected chi connectivity index (χ4v) is 3.81. The molecule has 0 saturated carbocycles. The Balaban J connectivity index is 2.13. The normalized spacial score (nSPS) is 23.4. The predicted octanol–water partition coefficient (Wildman–Crippen LogP) is 3.98. The maximum Gasteiger partial charge on any atom is 0.165 e. The van der Waals surface area contributed by atoms with E-state index in [-0.39, 0.29) is 23.0 Å². The van der Waals surface area contributed by atoms with E-state index >= 15 is 0 Å². The monoisotopic (exact) mass is 312 g/mol. The van der Waals surface area contributed by atoms with Crippen molar-refractivity contribution in [2.24, 2.45) is 5.41 Å². The van der Waals surface area contributed by atoms with Gasteiger partial charge in [-0.3, -0.25) is 10.2 Å². The lowest BCUT2D eigenvalue weighted by molar-refractivity contribution is -0.119. The SMILES string of the molecule is CCCN1C(=N)c2ccccc2C1C1=C(O)CC(C)(C)CC1=O. The van der Waals surface area contributed by atoms with Crippen LogP contribution in [0.25, 0.3) is 0 Å². The van der Waals surface area contributed by atoms with Crippen molar-refractivity contribution in [1.82, 2.24) is 4.90 Å². The second-order valence-corrected chi connectivity index (χ2v) is 7.33. The lowest BCUT2D eigenvalue weighted by Gasteiger charge is -2.35. The molecule has 1 atom stereocenters. The van der Waals surface area contributed by atoms with E-state index in [1.165, 1.54) is 0 Å². The second-order valence-electron chi connectivity index (χ2n) is 7.33. The molecule has 4 heteroatoms. The number of nitrogens with one attached hydrogen (secondary N) is 1. The lowest BCUT2D eigenvalue weighted by atomic mass is 9.74. The molecular formula is C19H24N2O2. The van der Waals surface area contributed by atoms with Crippen LogP contribution in [-0.4, -0.2) is 28.2 Å². The maximum atomic E-state index is 12.8. The summed E-state index contributed by atoms with van der Waals surface area (Å²) in [6, 6.07) is 7.43. The number of aliphatic hydroxyl groups excluding tert-OH is 1. The zero-order chi connectivity index (χ0) is 16.8. The van der Waals surface area contributed by atoms with Gasteiger partial charge in [0.05, 0.1) is 11.6 Å². The fourth-order valence-electron chi connectivity index (χ4n) is 3.81. The zero-order valence-electron chi connectivity index (χ0n) is 14.0. The molecule has 0 amide bonds. The van der Waals surface area contributed by atoms with Crippen molar-refractivity contribution in [3.05, 3.63) is 46.7 Å². The van der Waals surface area contributed by atoms with Crippen molar-refractivity contribution in [1.29, 1.82) is 5.41 Å². The molecule has 1 heterocycles. The van der Waals surface area contributed by atoms with Gasteiger partial charge in [-0.2, -0.15) is 0 Å². The van der Waals surface area contributed by atoms with Crippen molar-refractivity contribution in [2.45, 2.75) is 46.1 Å². The summed E-state index contributed by atoms with van der Waals surface area (Å²) in [6.07, 6.45) is 1.85. The number of allylic oxidation sites excluding steroid dienone is 1. The Morgan fingerprint density at radius 3 is 2.65 bits per heavy atom. The van der Waals surface area contributed by atoms with E-state index in [4.69, 9.17) is 5.41 Å². The minimum atomic E-state index is -0.317. The highest BCUT2D eigenvalue weighted by molar-refractivity contribution is 6.06. The predicted molar refractivity (Wildman–Crippen MR) is 90.7 cm³/mol. The molecule has 0 radical (unpaired) electrons. The molecule has 3 rings (SSSR count). The molecule has 0 aromatic heterocycles. The standard InChI is InChI=1S/C19H24N2O2/c1-4-9-21-17(12-7-5-6-8-13(12)18(21)20)16-14(22)10-19(2,3)11-15(16)23/h5-8,17,20,22H,4,9-11H2,1-3H3. The van der Waals surface area contributed by atoms with Crippen LogP contribution in [0.5, 0.6) is 0 Å². The molecule has 1 aliphatic heterocycles. The molecule has 4 nitrogen and oxygen atoms in total. The summed E-state index contributed by atoms with van der Waals surface area (Å²) in [5.41, 5.74) is 2.11. The van der Waals surface area contributed by atoms with Crippen LogP contribution in [0.1, 0.15) is 57.2 Å². The molecule has 23 heavy (non-hydrogen) atoms. The molecule has 0 spiro atoms. The number of amidine groups is 1. The highest BCUT2D eigenvalue weighted by Crippen LogP contribution is 2.45. The fraction of sp³-hybridized carbons (Fsp3) is 0.474. The Bertz CT molecular complexity index is 703. The summed E-state index contributed by atoms with van der Waals surface area (Å²) in [7, 11) is 0. The molecule has 1 aromatic carbocycles. The largest absolute Gasteiger partial charge is 0.512 e. The van der Waals surface area contributed by atoms with Crippen LogP contribution >= 0.6 is 0 Å². The first kappa shape index (κ1) is 15.8. The number of aliphatic hydroxyl groups is 1. The third kappa shape index (κ3) is 2.56. The summed E-state index contributed by atoms with van der Waals surface area (Å²) in [4.78, 5) is 14.7. The number of Topliss-reactive ketones (excluding diaryl/α,β-unsaturated/α-hetero) is 1. The van der Waals surface area contributed by atoms with E-state index in [1.54, 1.807) is 0 Å². The molecule has 1 aliphatic carbocycles. The highest BCUT2D eigenvalue weighted by atomic mass is 16.3. The van der Waals surface area contributed by atoms with Gasteiger partial charge in [-0.25, -0.2) is 0 Å². The zero-order valence-corrected chi connectivity index (χ0v) is 14.0. The third-order valence-corrected chi connectivity index (χ3v) is 4.74. The molecular weight excluding hydrogens is 288 g/mol. The quantitative estimate of drug-likeness (QED) is 0.887. The molecule has 2 N–H and O–H groups in total. The highest BCUT2D eigenvalue weighted by Gasteiger charge is 2.43. The van der Waals surface area contributed by atoms with Crippen molar-refractivity contribution in [3.8, 4) is 0 Å². The number of carbonyl (C=O) groups is 1. The lowest BCUT2D eigenvalue weighted by Crippen LogP contribution is -2.35. The number of ketones is 1.